The van der Waals surface area contributed by atoms with E-state index in [0.717, 1.165) is 38.8 Å². The maximum absolute atomic E-state index is 6.01. The van der Waals surface area contributed by atoms with Crippen molar-refractivity contribution in [2.75, 3.05) is 39.4 Å². The molecule has 1 aromatic carbocycles. The molecule has 2 fully saturated rings. The van der Waals surface area contributed by atoms with Gasteiger partial charge in [-0.15, -0.1) is 0 Å². The number of hydrogen-bond acceptors (Lipinski definition) is 3. The molecule has 3 nitrogen and oxygen atoms in total. The largest absolute Gasteiger partial charge is 0.381 e. The van der Waals surface area contributed by atoms with Gasteiger partial charge in [-0.1, -0.05) is 30.3 Å². The van der Waals surface area contributed by atoms with Crippen molar-refractivity contribution < 1.29 is 4.74 Å². The number of hydrogen-bond donors (Lipinski definition) is 1. The lowest BCUT2D eigenvalue weighted by atomic mass is 9.89. The van der Waals surface area contributed by atoms with E-state index in [1.165, 1.54) is 24.9 Å². The van der Waals surface area contributed by atoms with E-state index in [1.807, 2.05) is 0 Å². The number of rotatable bonds is 4. The van der Waals surface area contributed by atoms with E-state index in [-0.39, 0.29) is 0 Å². The molecule has 0 amide bonds. The Kier molecular flexibility index (Phi) is 4.71. The van der Waals surface area contributed by atoms with Gasteiger partial charge in [-0.05, 0) is 36.8 Å². The van der Waals surface area contributed by atoms with Crippen LogP contribution >= 0.6 is 0 Å². The Hall–Kier alpha value is -0.900. The average Bonchev–Trinajstić information content (AvgIpc) is 2.92. The zero-order chi connectivity index (χ0) is 13.8. The van der Waals surface area contributed by atoms with E-state index in [0.29, 0.717) is 11.8 Å². The molecular formula is C17H26N2O. The highest BCUT2D eigenvalue weighted by atomic mass is 16.5. The molecule has 20 heavy (non-hydrogen) atoms. The molecule has 0 bridgehead atoms. The van der Waals surface area contributed by atoms with Gasteiger partial charge < -0.3 is 15.4 Å². The molecule has 2 aliphatic rings. The van der Waals surface area contributed by atoms with Crippen LogP contribution in [0.5, 0.6) is 0 Å². The summed E-state index contributed by atoms with van der Waals surface area (Å²) in [5, 5.41) is 0. The van der Waals surface area contributed by atoms with E-state index in [4.69, 9.17) is 10.5 Å². The topological polar surface area (TPSA) is 38.5 Å². The van der Waals surface area contributed by atoms with Gasteiger partial charge in [0.25, 0.3) is 0 Å². The highest BCUT2D eigenvalue weighted by molar-refractivity contribution is 5.22. The van der Waals surface area contributed by atoms with Gasteiger partial charge >= 0.3 is 0 Å². The van der Waals surface area contributed by atoms with Crippen LogP contribution in [0, 0.1) is 11.8 Å². The first-order valence-electron chi connectivity index (χ1n) is 7.92. The van der Waals surface area contributed by atoms with Crippen molar-refractivity contribution in [1.29, 1.82) is 0 Å². The summed E-state index contributed by atoms with van der Waals surface area (Å²) >= 11 is 0. The predicted octanol–water partition coefficient (Wildman–Crippen LogP) is 2.09. The van der Waals surface area contributed by atoms with Crippen LogP contribution in [0.1, 0.15) is 24.3 Å². The fourth-order valence-electron chi connectivity index (χ4n) is 3.74. The van der Waals surface area contributed by atoms with E-state index in [2.05, 4.69) is 35.2 Å². The molecule has 3 rings (SSSR count). The highest BCUT2D eigenvalue weighted by Gasteiger charge is 2.33. The molecule has 110 valence electrons. The molecule has 0 spiro atoms. The van der Waals surface area contributed by atoms with Crippen LogP contribution in [0.15, 0.2) is 30.3 Å². The number of nitrogens with zero attached hydrogens (tertiary/aromatic N) is 1. The highest BCUT2D eigenvalue weighted by Crippen LogP contribution is 2.32. The van der Waals surface area contributed by atoms with Crippen molar-refractivity contribution in [3.05, 3.63) is 35.9 Å². The first-order valence-corrected chi connectivity index (χ1v) is 7.92. The molecule has 2 heterocycles. The van der Waals surface area contributed by atoms with Gasteiger partial charge in [0.05, 0.1) is 6.61 Å². The number of nitrogens with two attached hydrogens (primary N) is 1. The zero-order valence-corrected chi connectivity index (χ0v) is 12.2. The average molecular weight is 274 g/mol. The van der Waals surface area contributed by atoms with Gasteiger partial charge in [0.2, 0.25) is 0 Å². The van der Waals surface area contributed by atoms with Crippen LogP contribution in [0.4, 0.5) is 0 Å². The fourth-order valence-corrected chi connectivity index (χ4v) is 3.74. The van der Waals surface area contributed by atoms with E-state index in [9.17, 15) is 0 Å². The summed E-state index contributed by atoms with van der Waals surface area (Å²) in [6.45, 7) is 6.17. The van der Waals surface area contributed by atoms with Crippen molar-refractivity contribution in [2.24, 2.45) is 17.6 Å². The molecule has 2 aliphatic heterocycles. The van der Waals surface area contributed by atoms with Crippen LogP contribution in [-0.4, -0.2) is 44.3 Å². The minimum Gasteiger partial charge on any atom is -0.381 e. The van der Waals surface area contributed by atoms with Gasteiger partial charge in [-0.25, -0.2) is 0 Å². The van der Waals surface area contributed by atoms with Crippen molar-refractivity contribution in [3.8, 4) is 0 Å². The van der Waals surface area contributed by atoms with Crippen LogP contribution in [0.2, 0.25) is 0 Å². The Morgan fingerprint density at radius 1 is 1.20 bits per heavy atom. The lowest BCUT2D eigenvalue weighted by molar-refractivity contribution is 0.0412. The fraction of sp³-hybridized carbons (Fsp3) is 0.647. The second kappa shape index (κ2) is 6.70. The molecule has 3 heteroatoms. The van der Waals surface area contributed by atoms with Crippen molar-refractivity contribution >= 4 is 0 Å². The molecule has 2 saturated heterocycles. The molecular weight excluding hydrogens is 248 g/mol. The lowest BCUT2D eigenvalue weighted by Gasteiger charge is -2.27. The van der Waals surface area contributed by atoms with Crippen molar-refractivity contribution in [2.45, 2.75) is 18.8 Å². The third-order valence-corrected chi connectivity index (χ3v) is 4.82. The molecule has 2 N–H and O–H groups in total. The van der Waals surface area contributed by atoms with Crippen LogP contribution in [0.3, 0.4) is 0 Å². The summed E-state index contributed by atoms with van der Waals surface area (Å²) in [5.41, 5.74) is 7.45. The first-order chi connectivity index (χ1) is 9.86. The van der Waals surface area contributed by atoms with E-state index < -0.39 is 0 Å². The minimum absolute atomic E-state index is 0.599. The van der Waals surface area contributed by atoms with Crippen LogP contribution < -0.4 is 5.73 Å². The Labute approximate surface area is 122 Å². The quantitative estimate of drug-likeness (QED) is 0.913. The summed E-state index contributed by atoms with van der Waals surface area (Å²) in [4.78, 5) is 2.61. The standard InChI is InChI=1S/C17H26N2O/c18-9-16-11-19(10-14-5-4-8-20-13-14)12-17(16)15-6-2-1-3-7-15/h1-3,6-7,14,16-17H,4-5,8-13,18H2/t14?,16-,17+/m1/s1. The molecule has 0 aliphatic carbocycles. The smallest absolute Gasteiger partial charge is 0.0506 e. The Morgan fingerprint density at radius 2 is 2.05 bits per heavy atom. The monoisotopic (exact) mass is 274 g/mol. The number of likely N-dealkylation sites (tertiary alicyclic amines) is 1. The number of benzene rings is 1. The minimum atomic E-state index is 0.599. The molecule has 3 atom stereocenters. The van der Waals surface area contributed by atoms with E-state index >= 15 is 0 Å². The Morgan fingerprint density at radius 3 is 2.75 bits per heavy atom. The lowest BCUT2D eigenvalue weighted by Crippen LogP contribution is -2.32. The summed E-state index contributed by atoms with van der Waals surface area (Å²) < 4.78 is 5.61. The molecule has 1 unspecified atom stereocenters. The predicted molar refractivity (Wildman–Crippen MR) is 81.7 cm³/mol. The second-order valence-electron chi connectivity index (χ2n) is 6.31. The Bertz CT molecular complexity index is 403. The number of ether oxygens (including phenoxy) is 1. The first kappa shape index (κ1) is 14.1. The van der Waals surface area contributed by atoms with Gasteiger partial charge in [0.15, 0.2) is 0 Å². The maximum Gasteiger partial charge on any atom is 0.0506 e. The summed E-state index contributed by atoms with van der Waals surface area (Å²) in [6, 6.07) is 10.9. The van der Waals surface area contributed by atoms with Crippen molar-refractivity contribution in [1.82, 2.24) is 4.90 Å². The third kappa shape index (κ3) is 3.22. The summed E-state index contributed by atoms with van der Waals surface area (Å²) in [7, 11) is 0. The molecule has 0 saturated carbocycles. The molecule has 0 aromatic heterocycles. The van der Waals surface area contributed by atoms with Crippen LogP contribution in [-0.2, 0) is 4.74 Å². The van der Waals surface area contributed by atoms with Crippen molar-refractivity contribution in [3.63, 3.8) is 0 Å². The molecule has 0 radical (unpaired) electrons. The normalized spacial score (nSPS) is 31.6. The Balaban J connectivity index is 1.62. The maximum atomic E-state index is 6.01. The zero-order valence-electron chi connectivity index (χ0n) is 12.2. The van der Waals surface area contributed by atoms with Gasteiger partial charge in [0, 0.05) is 32.2 Å². The SMILES string of the molecule is NC[C@@H]1CN(CC2CCCOC2)C[C@H]1c1ccccc1. The van der Waals surface area contributed by atoms with Gasteiger partial charge in [-0.2, -0.15) is 0 Å². The van der Waals surface area contributed by atoms with E-state index in [1.54, 1.807) is 0 Å². The van der Waals surface area contributed by atoms with Crippen LogP contribution in [0.25, 0.3) is 0 Å². The summed E-state index contributed by atoms with van der Waals surface area (Å²) in [5.74, 6) is 1.92. The molecule has 1 aromatic rings. The second-order valence-corrected chi connectivity index (χ2v) is 6.31. The summed E-state index contributed by atoms with van der Waals surface area (Å²) in [6.07, 6.45) is 2.54. The van der Waals surface area contributed by atoms with Gasteiger partial charge in [-0.3, -0.25) is 0 Å². The third-order valence-electron chi connectivity index (χ3n) is 4.82. The van der Waals surface area contributed by atoms with Gasteiger partial charge in [0.1, 0.15) is 0 Å².